The van der Waals surface area contributed by atoms with Gasteiger partial charge in [-0.3, -0.25) is 0 Å². The molecule has 0 aliphatic carbocycles. The lowest BCUT2D eigenvalue weighted by Gasteiger charge is -2.00. The van der Waals surface area contributed by atoms with Gasteiger partial charge in [-0.25, -0.2) is 15.0 Å². The summed E-state index contributed by atoms with van der Waals surface area (Å²) in [5, 5.41) is 0.724. The highest BCUT2D eigenvalue weighted by molar-refractivity contribution is 7.66. The zero-order chi connectivity index (χ0) is 11.7. The lowest BCUT2D eigenvalue weighted by atomic mass is 10.5. The van der Waals surface area contributed by atoms with E-state index < -0.39 is 0 Å². The molecular weight excluding hydrogens is 311 g/mol. The number of nitrogens with zero attached hydrogens (tertiary/aromatic N) is 4. The smallest absolute Gasteiger partial charge is 0.179 e. The lowest BCUT2D eigenvalue weighted by Crippen LogP contribution is -1.96. The molecule has 0 aliphatic heterocycles. The second-order valence-electron chi connectivity index (χ2n) is 2.66. The fourth-order valence-electron chi connectivity index (χ4n) is 0.919. The van der Waals surface area contributed by atoms with Crippen LogP contribution in [0.1, 0.15) is 5.82 Å². The summed E-state index contributed by atoms with van der Waals surface area (Å²) in [5.41, 5.74) is 0.312. The van der Waals surface area contributed by atoms with Crippen LogP contribution in [0.5, 0.6) is 0 Å². The molecule has 16 heavy (non-hydrogen) atoms. The summed E-state index contributed by atoms with van der Waals surface area (Å²) in [7, 11) is 2.56. The van der Waals surface area contributed by atoms with Crippen molar-refractivity contribution in [1.82, 2.24) is 14.3 Å². The Labute approximate surface area is 113 Å². The molecule has 84 valence electrons. The van der Waals surface area contributed by atoms with Crippen LogP contribution >= 0.6 is 55.7 Å². The highest BCUT2D eigenvalue weighted by Gasteiger charge is 2.09. The van der Waals surface area contributed by atoms with Gasteiger partial charge in [0, 0.05) is 10.5 Å². The number of hydrogen-bond donors (Lipinski definition) is 0. The predicted molar refractivity (Wildman–Crippen MR) is 67.0 cm³/mol. The molecule has 0 unspecified atom stereocenters. The maximum atomic E-state index is 5.92. The van der Waals surface area contributed by atoms with Crippen molar-refractivity contribution in [2.75, 3.05) is 0 Å². The average molecular weight is 314 g/mol. The van der Waals surface area contributed by atoms with E-state index in [1.807, 2.05) is 0 Å². The third kappa shape index (κ3) is 2.52. The lowest BCUT2D eigenvalue weighted by molar-refractivity contribution is 1.05. The number of hydrogen-bond acceptors (Lipinski definition) is 6. The molecule has 0 radical (unpaired) electrons. The molecule has 2 aromatic heterocycles. The zero-order valence-corrected chi connectivity index (χ0v) is 11.6. The van der Waals surface area contributed by atoms with Crippen LogP contribution in [0.2, 0.25) is 15.5 Å². The highest BCUT2D eigenvalue weighted by Crippen LogP contribution is 2.29. The number of aromatic nitrogens is 3. The van der Waals surface area contributed by atoms with Crippen molar-refractivity contribution >= 4 is 61.4 Å². The number of aryl methyl sites for hydroxylation is 1. The molecule has 0 N–H and O–H groups in total. The van der Waals surface area contributed by atoms with Crippen LogP contribution < -0.4 is 4.67 Å². The fraction of sp³-hybridized carbons (Fsp3) is 0.143. The Morgan fingerprint density at radius 2 is 1.69 bits per heavy atom. The van der Waals surface area contributed by atoms with Crippen molar-refractivity contribution in [2.24, 2.45) is 4.99 Å². The van der Waals surface area contributed by atoms with Gasteiger partial charge >= 0.3 is 0 Å². The van der Waals surface area contributed by atoms with E-state index >= 15 is 0 Å². The van der Waals surface area contributed by atoms with E-state index in [9.17, 15) is 0 Å². The third-order valence-corrected chi connectivity index (χ3v) is 4.23. The maximum absolute atomic E-state index is 5.92. The summed E-state index contributed by atoms with van der Waals surface area (Å²) in [5.74, 6) is 0.493. The molecule has 4 nitrogen and oxygen atoms in total. The van der Waals surface area contributed by atoms with Crippen LogP contribution in [0, 0.1) is 6.92 Å². The molecule has 2 heterocycles. The first-order valence-corrected chi connectivity index (χ1v) is 7.18. The van der Waals surface area contributed by atoms with Crippen LogP contribution in [0.15, 0.2) is 4.99 Å². The van der Waals surface area contributed by atoms with Gasteiger partial charge in [-0.1, -0.05) is 34.8 Å². The molecule has 0 saturated carbocycles. The molecule has 0 aliphatic rings. The Morgan fingerprint density at radius 3 is 2.19 bits per heavy atom. The number of rotatable bonds is 1. The monoisotopic (exact) mass is 312 g/mol. The molecule has 0 amide bonds. The predicted octanol–water partition coefficient (Wildman–Crippen LogP) is 3.50. The topological polar surface area (TPSA) is 51.0 Å². The minimum absolute atomic E-state index is 0.201. The van der Waals surface area contributed by atoms with Gasteiger partial charge in [0.15, 0.2) is 20.1 Å². The van der Waals surface area contributed by atoms with E-state index in [0.717, 1.165) is 0 Å². The number of halogens is 3. The maximum Gasteiger partial charge on any atom is 0.179 e. The van der Waals surface area contributed by atoms with Crippen molar-refractivity contribution in [3.05, 3.63) is 26.0 Å². The van der Waals surface area contributed by atoms with E-state index in [0.29, 0.717) is 21.3 Å². The molecule has 0 spiro atoms. The first kappa shape index (κ1) is 12.2. The Bertz CT molecular complexity index is 568. The first-order chi connectivity index (χ1) is 7.58. The molecule has 0 atom stereocenters. The molecule has 0 bridgehead atoms. The summed E-state index contributed by atoms with van der Waals surface area (Å²) in [6.07, 6.45) is 0. The second-order valence-corrected chi connectivity index (χ2v) is 5.56. The van der Waals surface area contributed by atoms with Crippen molar-refractivity contribution in [3.8, 4) is 0 Å². The molecule has 0 saturated heterocycles. The van der Waals surface area contributed by atoms with E-state index in [-0.39, 0.29) is 10.3 Å². The summed E-state index contributed by atoms with van der Waals surface area (Å²) in [6.45, 7) is 1.70. The van der Waals surface area contributed by atoms with Crippen LogP contribution in [-0.2, 0) is 0 Å². The fourth-order valence-corrected chi connectivity index (χ4v) is 3.45. The van der Waals surface area contributed by atoms with Crippen LogP contribution in [-0.4, -0.2) is 14.3 Å². The van der Waals surface area contributed by atoms with Crippen molar-refractivity contribution in [1.29, 1.82) is 0 Å². The van der Waals surface area contributed by atoms with Crippen LogP contribution in [0.3, 0.4) is 0 Å². The Morgan fingerprint density at radius 1 is 1.06 bits per heavy atom. The van der Waals surface area contributed by atoms with Gasteiger partial charge in [0.05, 0.1) is 0 Å². The van der Waals surface area contributed by atoms with Gasteiger partial charge in [-0.05, 0) is 17.3 Å². The van der Waals surface area contributed by atoms with Gasteiger partial charge in [0.25, 0.3) is 0 Å². The molecular formula is C7H3Cl3N4S2. The molecule has 0 aromatic carbocycles. The van der Waals surface area contributed by atoms with Crippen LogP contribution in [0.4, 0.5) is 5.69 Å². The van der Waals surface area contributed by atoms with Crippen molar-refractivity contribution in [2.45, 2.75) is 6.92 Å². The molecule has 0 fully saturated rings. The summed E-state index contributed by atoms with van der Waals surface area (Å²) in [6, 6.07) is 0. The van der Waals surface area contributed by atoms with Gasteiger partial charge in [-0.15, -0.1) is 0 Å². The largest absolute Gasteiger partial charge is 0.227 e. The zero-order valence-electron chi connectivity index (χ0n) is 7.74. The van der Waals surface area contributed by atoms with Crippen molar-refractivity contribution in [3.63, 3.8) is 0 Å². The highest BCUT2D eigenvalue weighted by atomic mass is 35.5. The van der Waals surface area contributed by atoms with Crippen LogP contribution in [0.25, 0.3) is 0 Å². The molecule has 2 aromatic rings. The second kappa shape index (κ2) is 4.93. The first-order valence-electron chi connectivity index (χ1n) is 3.94. The van der Waals surface area contributed by atoms with E-state index in [1.54, 1.807) is 6.92 Å². The van der Waals surface area contributed by atoms with Gasteiger partial charge in [-0.2, -0.15) is 4.37 Å². The third-order valence-electron chi connectivity index (χ3n) is 1.53. The summed E-state index contributed by atoms with van der Waals surface area (Å²) in [4.78, 5) is 12.1. The van der Waals surface area contributed by atoms with E-state index in [1.165, 1.54) is 20.9 Å². The minimum Gasteiger partial charge on any atom is -0.227 e. The average Bonchev–Trinajstić information content (AvgIpc) is 2.57. The Balaban J connectivity index is 2.63. The Kier molecular flexibility index (Phi) is 3.76. The molecule has 2 rings (SSSR count). The summed E-state index contributed by atoms with van der Waals surface area (Å²) >= 11 is 17.7. The van der Waals surface area contributed by atoms with Crippen molar-refractivity contribution < 1.29 is 0 Å². The Hall–Kier alpha value is -0.270. The van der Waals surface area contributed by atoms with Gasteiger partial charge < -0.3 is 0 Å². The summed E-state index contributed by atoms with van der Waals surface area (Å²) < 4.78 is 4.44. The standard InChI is InChI=1S/C7H3Cl3N4S2/c1-2-11-4(8)3(5(9)12-2)13-7-6(10)14-16-15-7/h1H3. The molecule has 9 heteroatoms. The quantitative estimate of drug-likeness (QED) is 0.598. The van der Waals surface area contributed by atoms with E-state index in [2.05, 4.69) is 19.3 Å². The van der Waals surface area contributed by atoms with Gasteiger partial charge in [0.2, 0.25) is 0 Å². The minimum atomic E-state index is 0.201. The van der Waals surface area contributed by atoms with E-state index in [4.69, 9.17) is 34.8 Å². The van der Waals surface area contributed by atoms with Gasteiger partial charge in [0.1, 0.15) is 11.5 Å². The normalized spacial score (nSPS) is 12.1. The SMILES string of the molecule is Cc1nc(Cl)c(N=c2ssnc2Cl)c(Cl)n1.